The summed E-state index contributed by atoms with van der Waals surface area (Å²) < 4.78 is 5.28. The fourth-order valence-corrected chi connectivity index (χ4v) is 2.38. The zero-order chi connectivity index (χ0) is 16.8. The van der Waals surface area contributed by atoms with Crippen LogP contribution in [-0.2, 0) is 17.6 Å². The highest BCUT2D eigenvalue weighted by molar-refractivity contribution is 5.96. The zero-order valence-corrected chi connectivity index (χ0v) is 13.7. The van der Waals surface area contributed by atoms with Crippen LogP contribution in [-0.4, -0.2) is 18.8 Å². The van der Waals surface area contributed by atoms with Crippen LogP contribution in [0, 0.1) is 0 Å². The fourth-order valence-electron chi connectivity index (χ4n) is 2.38. The van der Waals surface area contributed by atoms with Gasteiger partial charge in [-0.15, -0.1) is 0 Å². The minimum Gasteiger partial charge on any atom is -0.496 e. The lowest BCUT2D eigenvalue weighted by atomic mass is 10.0. The molecule has 2 aromatic carbocycles. The molecule has 2 aromatic rings. The van der Waals surface area contributed by atoms with Crippen molar-refractivity contribution in [3.63, 3.8) is 0 Å². The molecule has 0 heterocycles. The second kappa shape index (κ2) is 7.58. The minimum atomic E-state index is -0.141. The second-order valence-electron chi connectivity index (χ2n) is 5.36. The van der Waals surface area contributed by atoms with E-state index in [2.05, 4.69) is 12.2 Å². The quantitative estimate of drug-likeness (QED) is 0.829. The molecule has 1 amide bonds. The Kier molecular flexibility index (Phi) is 5.52. The monoisotopic (exact) mass is 311 g/mol. The molecule has 0 spiro atoms. The number of ketones is 1. The highest BCUT2D eigenvalue weighted by atomic mass is 16.5. The standard InChI is InChI=1S/C19H21NO3/c1-4-14-6-5-7-17(10-14)20-19(22)12-16-11-15(13(2)21)8-9-18(16)23-3/h5-11H,4,12H2,1-3H3,(H,20,22). The Labute approximate surface area is 136 Å². The van der Waals surface area contributed by atoms with Gasteiger partial charge < -0.3 is 10.1 Å². The van der Waals surface area contributed by atoms with E-state index in [1.54, 1.807) is 25.3 Å². The summed E-state index contributed by atoms with van der Waals surface area (Å²) in [6.45, 7) is 3.57. The van der Waals surface area contributed by atoms with Crippen LogP contribution in [0.15, 0.2) is 42.5 Å². The van der Waals surface area contributed by atoms with Crippen LogP contribution in [0.3, 0.4) is 0 Å². The Morgan fingerprint density at radius 3 is 2.57 bits per heavy atom. The van der Waals surface area contributed by atoms with Crippen molar-refractivity contribution in [2.24, 2.45) is 0 Å². The maximum absolute atomic E-state index is 12.3. The Morgan fingerprint density at radius 1 is 1.13 bits per heavy atom. The zero-order valence-electron chi connectivity index (χ0n) is 13.7. The van der Waals surface area contributed by atoms with Gasteiger partial charge in [-0.1, -0.05) is 19.1 Å². The van der Waals surface area contributed by atoms with E-state index < -0.39 is 0 Å². The summed E-state index contributed by atoms with van der Waals surface area (Å²) in [6, 6.07) is 12.9. The molecular formula is C19H21NO3. The Bertz CT molecular complexity index is 722. The molecule has 0 saturated carbocycles. The number of amides is 1. The van der Waals surface area contributed by atoms with E-state index in [4.69, 9.17) is 4.74 Å². The van der Waals surface area contributed by atoms with Crippen LogP contribution in [0.25, 0.3) is 0 Å². The minimum absolute atomic E-state index is 0.0371. The van der Waals surface area contributed by atoms with Gasteiger partial charge >= 0.3 is 0 Å². The van der Waals surface area contributed by atoms with Crippen LogP contribution in [0.2, 0.25) is 0 Å². The van der Waals surface area contributed by atoms with Gasteiger partial charge in [0.05, 0.1) is 13.5 Å². The predicted octanol–water partition coefficient (Wildman–Crippen LogP) is 3.64. The summed E-state index contributed by atoms with van der Waals surface area (Å²) in [5, 5.41) is 2.89. The molecule has 23 heavy (non-hydrogen) atoms. The van der Waals surface area contributed by atoms with E-state index in [0.29, 0.717) is 16.9 Å². The van der Waals surface area contributed by atoms with Gasteiger partial charge in [-0.3, -0.25) is 9.59 Å². The second-order valence-corrected chi connectivity index (χ2v) is 5.36. The van der Waals surface area contributed by atoms with Crippen LogP contribution in [0.1, 0.15) is 35.3 Å². The Balaban J connectivity index is 2.15. The summed E-state index contributed by atoms with van der Waals surface area (Å²) in [5.41, 5.74) is 3.21. The molecule has 0 atom stereocenters. The lowest BCUT2D eigenvalue weighted by molar-refractivity contribution is -0.115. The molecule has 0 aromatic heterocycles. The van der Waals surface area contributed by atoms with Gasteiger partial charge in [0.15, 0.2) is 5.78 Å². The van der Waals surface area contributed by atoms with E-state index in [1.165, 1.54) is 12.5 Å². The molecule has 1 N–H and O–H groups in total. The van der Waals surface area contributed by atoms with E-state index >= 15 is 0 Å². The van der Waals surface area contributed by atoms with Gasteiger partial charge in [-0.05, 0) is 49.2 Å². The molecule has 0 aliphatic heterocycles. The predicted molar refractivity (Wildman–Crippen MR) is 91.2 cm³/mol. The van der Waals surface area contributed by atoms with Crippen molar-refractivity contribution in [3.8, 4) is 5.75 Å². The molecule has 4 heteroatoms. The first-order valence-electron chi connectivity index (χ1n) is 7.60. The number of carbonyl (C=O) groups excluding carboxylic acids is 2. The number of ether oxygens (including phenoxy) is 1. The fraction of sp³-hybridized carbons (Fsp3) is 0.263. The first-order chi connectivity index (χ1) is 11.0. The molecule has 0 unspecified atom stereocenters. The molecule has 0 aliphatic rings. The van der Waals surface area contributed by atoms with Gasteiger partial charge in [-0.2, -0.15) is 0 Å². The molecule has 0 fully saturated rings. The number of methoxy groups -OCH3 is 1. The Morgan fingerprint density at radius 2 is 1.91 bits per heavy atom. The van der Waals surface area contributed by atoms with Gasteiger partial charge in [0.2, 0.25) is 5.91 Å². The van der Waals surface area contributed by atoms with Crippen LogP contribution < -0.4 is 10.1 Å². The van der Waals surface area contributed by atoms with E-state index in [0.717, 1.165) is 12.1 Å². The SMILES string of the molecule is CCc1cccc(NC(=O)Cc2cc(C(C)=O)ccc2OC)c1. The average Bonchev–Trinajstić information content (AvgIpc) is 2.54. The van der Waals surface area contributed by atoms with Crippen molar-refractivity contribution in [1.29, 1.82) is 0 Å². The van der Waals surface area contributed by atoms with Crippen LogP contribution >= 0.6 is 0 Å². The Hall–Kier alpha value is -2.62. The summed E-state index contributed by atoms with van der Waals surface area (Å²) >= 11 is 0. The topological polar surface area (TPSA) is 55.4 Å². The molecule has 0 aliphatic carbocycles. The molecule has 120 valence electrons. The smallest absolute Gasteiger partial charge is 0.228 e. The maximum atomic E-state index is 12.3. The average molecular weight is 311 g/mol. The normalized spacial score (nSPS) is 10.2. The number of carbonyl (C=O) groups is 2. The number of hydrogen-bond acceptors (Lipinski definition) is 3. The number of aryl methyl sites for hydroxylation is 1. The number of hydrogen-bond donors (Lipinski definition) is 1. The molecule has 0 saturated heterocycles. The lowest BCUT2D eigenvalue weighted by Crippen LogP contribution is -2.15. The van der Waals surface area contributed by atoms with Crippen LogP contribution in [0.4, 0.5) is 5.69 Å². The molecular weight excluding hydrogens is 290 g/mol. The van der Waals surface area contributed by atoms with E-state index in [1.807, 2.05) is 24.3 Å². The third-order valence-corrected chi connectivity index (χ3v) is 3.66. The van der Waals surface area contributed by atoms with E-state index in [-0.39, 0.29) is 18.1 Å². The first kappa shape index (κ1) is 16.7. The van der Waals surface area contributed by atoms with Crippen molar-refractivity contribution in [2.75, 3.05) is 12.4 Å². The molecule has 0 radical (unpaired) electrons. The number of rotatable bonds is 6. The summed E-state index contributed by atoms with van der Waals surface area (Å²) in [5.74, 6) is 0.426. The highest BCUT2D eigenvalue weighted by Crippen LogP contribution is 2.21. The van der Waals surface area contributed by atoms with Crippen molar-refractivity contribution in [1.82, 2.24) is 0 Å². The summed E-state index contributed by atoms with van der Waals surface area (Å²) in [4.78, 5) is 23.8. The van der Waals surface area contributed by atoms with Crippen molar-refractivity contribution in [3.05, 3.63) is 59.2 Å². The summed E-state index contributed by atoms with van der Waals surface area (Å²) in [6.07, 6.45) is 1.07. The van der Waals surface area contributed by atoms with Crippen molar-refractivity contribution >= 4 is 17.4 Å². The maximum Gasteiger partial charge on any atom is 0.228 e. The summed E-state index contributed by atoms with van der Waals surface area (Å²) in [7, 11) is 1.55. The van der Waals surface area contributed by atoms with Crippen molar-refractivity contribution in [2.45, 2.75) is 26.7 Å². The van der Waals surface area contributed by atoms with Gasteiger partial charge in [-0.25, -0.2) is 0 Å². The third-order valence-electron chi connectivity index (χ3n) is 3.66. The third kappa shape index (κ3) is 4.42. The first-order valence-corrected chi connectivity index (χ1v) is 7.60. The highest BCUT2D eigenvalue weighted by Gasteiger charge is 2.12. The molecule has 0 bridgehead atoms. The van der Waals surface area contributed by atoms with Gasteiger partial charge in [0.25, 0.3) is 0 Å². The van der Waals surface area contributed by atoms with Crippen molar-refractivity contribution < 1.29 is 14.3 Å². The number of benzene rings is 2. The molecule has 2 rings (SSSR count). The number of nitrogens with one attached hydrogen (secondary N) is 1. The van der Waals surface area contributed by atoms with E-state index in [9.17, 15) is 9.59 Å². The number of Topliss-reactive ketones (excluding diaryl/α,β-unsaturated/α-hetero) is 1. The van der Waals surface area contributed by atoms with Crippen LogP contribution in [0.5, 0.6) is 5.75 Å². The van der Waals surface area contributed by atoms with Gasteiger partial charge in [0, 0.05) is 16.8 Å². The number of anilines is 1. The van der Waals surface area contributed by atoms with Gasteiger partial charge in [0.1, 0.15) is 5.75 Å². The lowest BCUT2D eigenvalue weighted by Gasteiger charge is -2.11. The largest absolute Gasteiger partial charge is 0.496 e. The molecule has 4 nitrogen and oxygen atoms in total.